The second kappa shape index (κ2) is 8.32. The molecule has 0 amide bonds. The van der Waals surface area contributed by atoms with E-state index in [4.69, 9.17) is 9.47 Å². The van der Waals surface area contributed by atoms with E-state index < -0.39 is 6.10 Å². The number of benzene rings is 1. The molecule has 0 bridgehead atoms. The molecule has 1 aromatic rings. The first-order chi connectivity index (χ1) is 9.92. The Kier molecular flexibility index (Phi) is 7.08. The van der Waals surface area contributed by atoms with Crippen molar-refractivity contribution in [3.8, 4) is 0 Å². The maximum absolute atomic E-state index is 13.8. The number of halogens is 1. The van der Waals surface area contributed by atoms with Crippen LogP contribution < -0.4 is 4.90 Å². The highest BCUT2D eigenvalue weighted by Crippen LogP contribution is 2.30. The quantitative estimate of drug-likeness (QED) is 0.801. The zero-order valence-electron chi connectivity index (χ0n) is 13.5. The van der Waals surface area contributed by atoms with Gasteiger partial charge in [0.2, 0.25) is 0 Å². The Morgan fingerprint density at radius 2 is 1.90 bits per heavy atom. The molecule has 2 atom stereocenters. The standard InChI is InChI=1S/C16H26FNO3/c1-11-8-16(14(13(3)19)9-15(11)17)18(6-7-20-4)12(2)10-21-5/h8-9,12-13,19H,6-7,10H2,1-5H3/t12?,13-/m1/s1. The van der Waals surface area contributed by atoms with Crippen molar-refractivity contribution in [2.75, 3.05) is 38.9 Å². The minimum Gasteiger partial charge on any atom is -0.389 e. The van der Waals surface area contributed by atoms with Crippen LogP contribution in [0.2, 0.25) is 0 Å². The van der Waals surface area contributed by atoms with Crippen molar-refractivity contribution in [1.29, 1.82) is 0 Å². The van der Waals surface area contributed by atoms with Gasteiger partial charge < -0.3 is 19.5 Å². The van der Waals surface area contributed by atoms with Crippen LogP contribution in [0.15, 0.2) is 12.1 Å². The fourth-order valence-corrected chi connectivity index (χ4v) is 2.36. The van der Waals surface area contributed by atoms with Crippen molar-refractivity contribution >= 4 is 5.69 Å². The first-order valence-corrected chi connectivity index (χ1v) is 7.15. The molecule has 0 aliphatic rings. The van der Waals surface area contributed by atoms with Gasteiger partial charge in [-0.1, -0.05) is 0 Å². The van der Waals surface area contributed by atoms with Crippen molar-refractivity contribution in [3.05, 3.63) is 29.1 Å². The van der Waals surface area contributed by atoms with Crippen LogP contribution in [-0.2, 0) is 9.47 Å². The van der Waals surface area contributed by atoms with Crippen LogP contribution in [0.3, 0.4) is 0 Å². The number of ether oxygens (including phenoxy) is 2. The molecule has 4 nitrogen and oxygen atoms in total. The van der Waals surface area contributed by atoms with Gasteiger partial charge in [0.05, 0.1) is 19.3 Å². The van der Waals surface area contributed by atoms with Crippen molar-refractivity contribution < 1.29 is 19.0 Å². The first kappa shape index (κ1) is 17.9. The van der Waals surface area contributed by atoms with Crippen LogP contribution in [0.1, 0.15) is 31.1 Å². The first-order valence-electron chi connectivity index (χ1n) is 7.15. The summed E-state index contributed by atoms with van der Waals surface area (Å²) in [7, 11) is 3.29. The number of nitrogens with zero attached hydrogens (tertiary/aromatic N) is 1. The molecule has 120 valence electrons. The summed E-state index contributed by atoms with van der Waals surface area (Å²) < 4.78 is 24.2. The molecule has 1 N–H and O–H groups in total. The van der Waals surface area contributed by atoms with E-state index in [1.807, 2.05) is 6.92 Å². The summed E-state index contributed by atoms with van der Waals surface area (Å²) in [5.74, 6) is -0.305. The lowest BCUT2D eigenvalue weighted by atomic mass is 10.0. The summed E-state index contributed by atoms with van der Waals surface area (Å²) in [6, 6.07) is 3.28. The number of aliphatic hydroxyl groups excluding tert-OH is 1. The zero-order valence-corrected chi connectivity index (χ0v) is 13.5. The SMILES string of the molecule is COCCN(c1cc(C)c(F)cc1[C@@H](C)O)C(C)COC. The fraction of sp³-hybridized carbons (Fsp3) is 0.625. The second-order valence-electron chi connectivity index (χ2n) is 5.33. The predicted molar refractivity (Wildman–Crippen MR) is 82.3 cm³/mol. The molecule has 21 heavy (non-hydrogen) atoms. The zero-order chi connectivity index (χ0) is 16.0. The number of aryl methyl sites for hydroxylation is 1. The summed E-state index contributed by atoms with van der Waals surface area (Å²) in [5.41, 5.74) is 1.96. The van der Waals surface area contributed by atoms with Gasteiger partial charge in [-0.05, 0) is 38.5 Å². The van der Waals surface area contributed by atoms with Gasteiger partial charge in [-0.3, -0.25) is 0 Å². The lowest BCUT2D eigenvalue weighted by Crippen LogP contribution is -2.39. The highest BCUT2D eigenvalue weighted by atomic mass is 19.1. The molecule has 0 saturated carbocycles. The number of hydrogen-bond acceptors (Lipinski definition) is 4. The molecule has 0 heterocycles. The number of rotatable bonds is 8. The molecular weight excluding hydrogens is 273 g/mol. The van der Waals surface area contributed by atoms with Crippen molar-refractivity contribution in [2.24, 2.45) is 0 Å². The van der Waals surface area contributed by atoms with Crippen molar-refractivity contribution in [2.45, 2.75) is 32.9 Å². The van der Waals surface area contributed by atoms with Crippen LogP contribution in [0.25, 0.3) is 0 Å². The molecule has 1 rings (SSSR count). The Morgan fingerprint density at radius 3 is 2.43 bits per heavy atom. The van der Waals surface area contributed by atoms with Gasteiger partial charge in [0.1, 0.15) is 5.82 Å². The number of aliphatic hydroxyl groups is 1. The Hall–Kier alpha value is -1.17. The van der Waals surface area contributed by atoms with Gasteiger partial charge in [0.15, 0.2) is 0 Å². The molecule has 1 unspecified atom stereocenters. The highest BCUT2D eigenvalue weighted by molar-refractivity contribution is 5.57. The van der Waals surface area contributed by atoms with Crippen LogP contribution in [-0.4, -0.2) is 45.1 Å². The molecular formula is C16H26FNO3. The van der Waals surface area contributed by atoms with E-state index in [0.29, 0.717) is 30.9 Å². The third-order valence-electron chi connectivity index (χ3n) is 3.54. The van der Waals surface area contributed by atoms with Gasteiger partial charge in [-0.25, -0.2) is 4.39 Å². The molecule has 0 aliphatic heterocycles. The van der Waals surface area contributed by atoms with Gasteiger partial charge >= 0.3 is 0 Å². The van der Waals surface area contributed by atoms with Crippen molar-refractivity contribution in [1.82, 2.24) is 0 Å². The molecule has 5 heteroatoms. The average molecular weight is 299 g/mol. The van der Waals surface area contributed by atoms with Crippen LogP contribution in [0.4, 0.5) is 10.1 Å². The number of hydrogen-bond donors (Lipinski definition) is 1. The van der Waals surface area contributed by atoms with Gasteiger partial charge in [-0.2, -0.15) is 0 Å². The average Bonchev–Trinajstić information content (AvgIpc) is 2.42. The Balaban J connectivity index is 3.24. The maximum Gasteiger partial charge on any atom is 0.126 e. The van der Waals surface area contributed by atoms with E-state index in [1.165, 1.54) is 6.07 Å². The monoisotopic (exact) mass is 299 g/mol. The fourth-order valence-electron chi connectivity index (χ4n) is 2.36. The smallest absolute Gasteiger partial charge is 0.126 e. The molecule has 0 spiro atoms. The molecule has 0 fully saturated rings. The second-order valence-corrected chi connectivity index (χ2v) is 5.33. The normalized spacial score (nSPS) is 14.0. The minimum atomic E-state index is -0.741. The predicted octanol–water partition coefficient (Wildman–Crippen LogP) is 2.68. The maximum atomic E-state index is 13.8. The molecule has 0 saturated heterocycles. The van der Waals surface area contributed by atoms with E-state index in [9.17, 15) is 9.50 Å². The van der Waals surface area contributed by atoms with E-state index in [1.54, 1.807) is 34.1 Å². The summed E-state index contributed by atoms with van der Waals surface area (Å²) in [4.78, 5) is 2.08. The van der Waals surface area contributed by atoms with Crippen molar-refractivity contribution in [3.63, 3.8) is 0 Å². The van der Waals surface area contributed by atoms with Crippen LogP contribution >= 0.6 is 0 Å². The number of anilines is 1. The molecule has 0 aromatic heterocycles. The summed E-state index contributed by atoms with van der Waals surface area (Å²) >= 11 is 0. The Morgan fingerprint density at radius 1 is 1.24 bits per heavy atom. The summed E-state index contributed by atoms with van der Waals surface area (Å²) in [6.07, 6.45) is -0.741. The van der Waals surface area contributed by atoms with Gasteiger partial charge in [0.25, 0.3) is 0 Å². The Bertz CT molecular complexity index is 451. The third-order valence-corrected chi connectivity index (χ3v) is 3.54. The minimum absolute atomic E-state index is 0.0903. The topological polar surface area (TPSA) is 41.9 Å². The van der Waals surface area contributed by atoms with E-state index in [0.717, 1.165) is 5.69 Å². The van der Waals surface area contributed by atoms with E-state index in [2.05, 4.69) is 4.90 Å². The summed E-state index contributed by atoms with van der Waals surface area (Å²) in [6.45, 7) is 7.13. The highest BCUT2D eigenvalue weighted by Gasteiger charge is 2.21. The largest absolute Gasteiger partial charge is 0.389 e. The van der Waals surface area contributed by atoms with Gasteiger partial charge in [-0.15, -0.1) is 0 Å². The van der Waals surface area contributed by atoms with E-state index in [-0.39, 0.29) is 11.9 Å². The van der Waals surface area contributed by atoms with Gasteiger partial charge in [0, 0.05) is 38.1 Å². The molecule has 0 radical (unpaired) electrons. The third kappa shape index (κ3) is 4.66. The van der Waals surface area contributed by atoms with E-state index >= 15 is 0 Å². The molecule has 1 aromatic carbocycles. The Labute approximate surface area is 126 Å². The molecule has 0 aliphatic carbocycles. The van der Waals surface area contributed by atoms with Crippen LogP contribution in [0.5, 0.6) is 0 Å². The number of methoxy groups -OCH3 is 2. The lowest BCUT2D eigenvalue weighted by molar-refractivity contribution is 0.169. The lowest BCUT2D eigenvalue weighted by Gasteiger charge is -2.33. The summed E-state index contributed by atoms with van der Waals surface area (Å²) in [5, 5.41) is 9.95. The van der Waals surface area contributed by atoms with Crippen LogP contribution in [0, 0.1) is 12.7 Å².